The Kier molecular flexibility index (Phi) is 9.64. The molecule has 0 aromatic heterocycles. The van der Waals surface area contributed by atoms with Crippen LogP contribution in [0.3, 0.4) is 0 Å². The molecule has 40 heavy (non-hydrogen) atoms. The van der Waals surface area contributed by atoms with Crippen molar-refractivity contribution in [2.75, 3.05) is 12.3 Å². The van der Waals surface area contributed by atoms with Crippen molar-refractivity contribution in [2.45, 2.75) is 61.5 Å². The zero-order valence-electron chi connectivity index (χ0n) is 22.3. The molecule has 5 atom stereocenters. The predicted octanol–water partition coefficient (Wildman–Crippen LogP) is 1.79. The fourth-order valence-electron chi connectivity index (χ4n) is 4.91. The number of rotatable bonds is 6. The molecule has 0 spiro atoms. The lowest BCUT2D eigenvalue weighted by atomic mass is 9.91. The standard InChI is InChI=1S/C28H34N4O6S2/c1-28(2)23(27(37)38)32-24(34)20(14-16-6-4-3-5-7-16)30-25(35)21(15-39-40-28)31-26(36)22-19(12-13-29-22)17-8-10-18(33)11-9-17/h3-11,19-23,29,33H,12-15H2,1-2H3,(H,30,35)(H,31,36)(H,32,34)(H,37,38)/t19-,20+,21-,22-,23+/m1/s1. The van der Waals surface area contributed by atoms with E-state index < -0.39 is 46.7 Å². The van der Waals surface area contributed by atoms with Gasteiger partial charge in [0, 0.05) is 18.1 Å². The Morgan fingerprint density at radius 1 is 1.02 bits per heavy atom. The molecule has 0 unspecified atom stereocenters. The van der Waals surface area contributed by atoms with Crippen molar-refractivity contribution in [2.24, 2.45) is 0 Å². The third-order valence-electron chi connectivity index (χ3n) is 7.11. The van der Waals surface area contributed by atoms with E-state index in [1.54, 1.807) is 38.1 Å². The fraction of sp³-hybridized carbons (Fsp3) is 0.429. The highest BCUT2D eigenvalue weighted by Gasteiger charge is 2.41. The molecule has 2 aromatic rings. The van der Waals surface area contributed by atoms with Crippen molar-refractivity contribution in [1.82, 2.24) is 21.3 Å². The van der Waals surface area contributed by atoms with E-state index in [1.165, 1.54) is 21.6 Å². The Labute approximate surface area is 240 Å². The fourth-order valence-corrected chi connectivity index (χ4v) is 7.72. The van der Waals surface area contributed by atoms with Gasteiger partial charge in [-0.15, -0.1) is 0 Å². The molecule has 0 bridgehead atoms. The van der Waals surface area contributed by atoms with Gasteiger partial charge in [0.15, 0.2) is 0 Å². The van der Waals surface area contributed by atoms with Gasteiger partial charge in [-0.25, -0.2) is 4.79 Å². The first kappa shape index (κ1) is 29.8. The number of carboxylic acid groups (broad SMARTS) is 1. The molecule has 2 saturated heterocycles. The molecular formula is C28H34N4O6S2. The molecule has 12 heteroatoms. The van der Waals surface area contributed by atoms with Crippen LogP contribution in [0.25, 0.3) is 0 Å². The Morgan fingerprint density at radius 2 is 1.73 bits per heavy atom. The maximum atomic E-state index is 13.5. The van der Waals surface area contributed by atoms with Gasteiger partial charge >= 0.3 is 5.97 Å². The molecule has 4 rings (SSSR count). The molecule has 2 heterocycles. The van der Waals surface area contributed by atoms with E-state index in [0.29, 0.717) is 13.0 Å². The average molecular weight is 587 g/mol. The van der Waals surface area contributed by atoms with Crippen LogP contribution in [0.2, 0.25) is 0 Å². The molecular weight excluding hydrogens is 552 g/mol. The minimum Gasteiger partial charge on any atom is -0.508 e. The number of aromatic hydroxyl groups is 1. The van der Waals surface area contributed by atoms with Gasteiger partial charge in [0.2, 0.25) is 17.7 Å². The second kappa shape index (κ2) is 13.0. The van der Waals surface area contributed by atoms with E-state index in [0.717, 1.165) is 11.1 Å². The average Bonchev–Trinajstić information content (AvgIpc) is 3.40. The number of aliphatic carboxylic acids is 1. The van der Waals surface area contributed by atoms with Crippen LogP contribution in [0.1, 0.15) is 37.3 Å². The number of phenolic OH excluding ortho intramolecular Hbond substituents is 1. The number of hydrogen-bond donors (Lipinski definition) is 6. The Bertz CT molecular complexity index is 1230. The van der Waals surface area contributed by atoms with Crippen molar-refractivity contribution in [1.29, 1.82) is 0 Å². The minimum atomic E-state index is -1.20. The number of phenols is 1. The summed E-state index contributed by atoms with van der Waals surface area (Å²) in [4.78, 5) is 52.4. The second-order valence-corrected chi connectivity index (χ2v) is 13.5. The maximum Gasteiger partial charge on any atom is 0.327 e. The highest BCUT2D eigenvalue weighted by atomic mass is 33.1. The quantitative estimate of drug-likeness (QED) is 0.278. The third-order valence-corrected chi connectivity index (χ3v) is 10.4. The summed E-state index contributed by atoms with van der Waals surface area (Å²) in [6.45, 7) is 4.07. The molecule has 10 nitrogen and oxygen atoms in total. The smallest absolute Gasteiger partial charge is 0.327 e. The first-order valence-corrected chi connectivity index (χ1v) is 15.4. The van der Waals surface area contributed by atoms with Gasteiger partial charge in [0.05, 0.1) is 10.8 Å². The zero-order chi connectivity index (χ0) is 28.9. The van der Waals surface area contributed by atoms with Crippen LogP contribution in [0.5, 0.6) is 5.75 Å². The van der Waals surface area contributed by atoms with E-state index >= 15 is 0 Å². The number of carboxylic acids is 1. The predicted molar refractivity (Wildman–Crippen MR) is 155 cm³/mol. The number of amides is 3. The Hall–Kier alpha value is -3.22. The van der Waals surface area contributed by atoms with Crippen LogP contribution in [0, 0.1) is 0 Å². The highest BCUT2D eigenvalue weighted by Crippen LogP contribution is 2.39. The third kappa shape index (κ3) is 7.29. The van der Waals surface area contributed by atoms with Crippen LogP contribution in [-0.2, 0) is 25.6 Å². The lowest BCUT2D eigenvalue weighted by Crippen LogP contribution is -2.59. The van der Waals surface area contributed by atoms with Crippen molar-refractivity contribution in [3.63, 3.8) is 0 Å². The first-order chi connectivity index (χ1) is 19.0. The largest absolute Gasteiger partial charge is 0.508 e. The van der Waals surface area contributed by atoms with Crippen LogP contribution >= 0.6 is 21.6 Å². The maximum absolute atomic E-state index is 13.5. The SMILES string of the molecule is CC1(C)SSC[C@@H](NC(=O)[C@@H]2NCC[C@@H]2c2ccc(O)cc2)C(=O)N[C@@H](Cc2ccccc2)C(=O)N[C@H]1C(=O)O. The number of carbonyl (C=O) groups is 4. The summed E-state index contributed by atoms with van der Waals surface area (Å²) in [5, 5.41) is 31.0. The van der Waals surface area contributed by atoms with Crippen molar-refractivity contribution >= 4 is 45.3 Å². The summed E-state index contributed by atoms with van der Waals surface area (Å²) in [5.74, 6) is -2.48. The van der Waals surface area contributed by atoms with E-state index in [2.05, 4.69) is 21.3 Å². The lowest BCUT2D eigenvalue weighted by molar-refractivity contribution is -0.143. The van der Waals surface area contributed by atoms with Crippen LogP contribution in [0.4, 0.5) is 0 Å². The molecule has 0 saturated carbocycles. The summed E-state index contributed by atoms with van der Waals surface area (Å²) >= 11 is 0. The molecule has 2 aliphatic rings. The summed E-state index contributed by atoms with van der Waals surface area (Å²) in [6.07, 6.45) is 0.869. The number of carbonyl (C=O) groups excluding carboxylic acids is 3. The highest BCUT2D eigenvalue weighted by molar-refractivity contribution is 8.77. The van der Waals surface area contributed by atoms with Gasteiger partial charge in [0.25, 0.3) is 0 Å². The molecule has 6 N–H and O–H groups in total. The zero-order valence-corrected chi connectivity index (χ0v) is 23.9. The van der Waals surface area contributed by atoms with E-state index in [9.17, 15) is 29.4 Å². The van der Waals surface area contributed by atoms with Gasteiger partial charge in [-0.1, -0.05) is 64.1 Å². The number of hydrogen-bond acceptors (Lipinski definition) is 8. The van der Waals surface area contributed by atoms with Gasteiger partial charge < -0.3 is 31.5 Å². The van der Waals surface area contributed by atoms with Gasteiger partial charge in [0.1, 0.15) is 23.9 Å². The summed E-state index contributed by atoms with van der Waals surface area (Å²) in [6, 6.07) is 12.1. The van der Waals surface area contributed by atoms with Gasteiger partial charge in [-0.2, -0.15) is 0 Å². The molecule has 0 radical (unpaired) electrons. The Morgan fingerprint density at radius 3 is 2.40 bits per heavy atom. The summed E-state index contributed by atoms with van der Waals surface area (Å²) in [5.41, 5.74) is 1.70. The normalized spacial score (nSPS) is 27.1. The van der Waals surface area contributed by atoms with Crippen molar-refractivity contribution in [3.05, 3.63) is 65.7 Å². The van der Waals surface area contributed by atoms with Crippen LogP contribution in [-0.4, -0.2) is 75.1 Å². The molecule has 214 valence electrons. The van der Waals surface area contributed by atoms with Gasteiger partial charge in [-0.05, 0) is 50.1 Å². The molecule has 2 fully saturated rings. The van der Waals surface area contributed by atoms with E-state index in [1.807, 2.05) is 30.3 Å². The molecule has 2 aromatic carbocycles. The summed E-state index contributed by atoms with van der Waals surface area (Å²) < 4.78 is -0.914. The van der Waals surface area contributed by atoms with Crippen LogP contribution in [0.15, 0.2) is 54.6 Å². The first-order valence-electron chi connectivity index (χ1n) is 13.1. The molecule has 2 aliphatic heterocycles. The lowest BCUT2D eigenvalue weighted by Gasteiger charge is -2.31. The van der Waals surface area contributed by atoms with Crippen molar-refractivity contribution < 1.29 is 29.4 Å². The topological polar surface area (TPSA) is 157 Å². The molecule has 0 aliphatic carbocycles. The van der Waals surface area contributed by atoms with E-state index in [4.69, 9.17) is 0 Å². The second-order valence-electron chi connectivity index (χ2n) is 10.5. The van der Waals surface area contributed by atoms with Crippen LogP contribution < -0.4 is 21.3 Å². The van der Waals surface area contributed by atoms with E-state index in [-0.39, 0.29) is 29.7 Å². The molecule has 3 amide bonds. The number of benzene rings is 2. The Balaban J connectivity index is 1.56. The van der Waals surface area contributed by atoms with Crippen molar-refractivity contribution in [3.8, 4) is 5.75 Å². The summed E-state index contributed by atoms with van der Waals surface area (Å²) in [7, 11) is 2.51. The number of nitrogens with one attached hydrogen (secondary N) is 4. The monoisotopic (exact) mass is 586 g/mol. The minimum absolute atomic E-state index is 0.139. The van der Waals surface area contributed by atoms with Gasteiger partial charge in [-0.3, -0.25) is 14.4 Å².